The maximum atomic E-state index is 13.4. The van der Waals surface area contributed by atoms with Gasteiger partial charge in [-0.2, -0.15) is 5.10 Å². The molecule has 0 saturated heterocycles. The summed E-state index contributed by atoms with van der Waals surface area (Å²) < 4.78 is 20.8. The minimum Gasteiger partial charge on any atom is -0.487 e. The van der Waals surface area contributed by atoms with Gasteiger partial charge in [0.2, 0.25) is 0 Å². The molecule has 2 rings (SSSR count). The molecule has 0 aliphatic carbocycles. The number of aromatic nitrogens is 2. The Labute approximate surface area is 128 Å². The molecule has 0 unspecified atom stereocenters. The van der Waals surface area contributed by atoms with Crippen LogP contribution in [0.2, 0.25) is 5.02 Å². The number of rotatable bonds is 5. The first-order valence-electron chi connectivity index (χ1n) is 6.82. The Morgan fingerprint density at radius 3 is 2.76 bits per heavy atom. The highest BCUT2D eigenvalue weighted by Crippen LogP contribution is 2.27. The molecule has 0 amide bonds. The average Bonchev–Trinajstić information content (AvgIpc) is 2.71. The molecule has 1 heterocycles. The summed E-state index contributed by atoms with van der Waals surface area (Å²) in [5.74, 6) is 0.0695. The van der Waals surface area contributed by atoms with E-state index in [-0.39, 0.29) is 18.5 Å². The van der Waals surface area contributed by atoms with Crippen LogP contribution in [0.3, 0.4) is 0 Å². The molecule has 0 aliphatic rings. The predicted molar refractivity (Wildman–Crippen MR) is 80.9 cm³/mol. The Hall–Kier alpha value is -1.59. The third kappa shape index (κ3) is 3.36. The van der Waals surface area contributed by atoms with E-state index in [1.807, 2.05) is 20.9 Å². The number of benzene rings is 1. The third-order valence-electron chi connectivity index (χ3n) is 3.33. The third-order valence-corrected chi connectivity index (χ3v) is 3.77. The lowest BCUT2D eigenvalue weighted by Gasteiger charge is -2.14. The normalized spacial score (nSPS) is 12.5. The fourth-order valence-electron chi connectivity index (χ4n) is 2.13. The van der Waals surface area contributed by atoms with E-state index in [1.165, 1.54) is 12.1 Å². The van der Waals surface area contributed by atoms with Crippen molar-refractivity contribution in [3.05, 3.63) is 46.0 Å². The fourth-order valence-corrected chi connectivity index (χ4v) is 2.48. The lowest BCUT2D eigenvalue weighted by atomic mass is 10.1. The van der Waals surface area contributed by atoms with Crippen molar-refractivity contribution in [2.75, 3.05) is 0 Å². The van der Waals surface area contributed by atoms with Gasteiger partial charge in [0.25, 0.3) is 0 Å². The molecule has 2 aromatic rings. The highest BCUT2D eigenvalue weighted by atomic mass is 35.5. The zero-order valence-corrected chi connectivity index (χ0v) is 13.1. The van der Waals surface area contributed by atoms with Crippen molar-refractivity contribution in [1.29, 1.82) is 0 Å². The maximum Gasteiger partial charge on any atom is 0.131 e. The smallest absolute Gasteiger partial charge is 0.131 e. The molecule has 1 aromatic heterocycles. The van der Waals surface area contributed by atoms with Crippen molar-refractivity contribution in [3.63, 3.8) is 0 Å². The summed E-state index contributed by atoms with van der Waals surface area (Å²) in [6, 6.07) is 4.10. The summed E-state index contributed by atoms with van der Waals surface area (Å²) in [5, 5.41) is 4.92. The summed E-state index contributed by atoms with van der Waals surface area (Å²) >= 11 is 6.27. The molecule has 114 valence electrons. The lowest BCUT2D eigenvalue weighted by molar-refractivity contribution is 0.289. The number of hydrogen-bond acceptors (Lipinski definition) is 3. The summed E-state index contributed by atoms with van der Waals surface area (Å²) in [4.78, 5) is 0. The summed E-state index contributed by atoms with van der Waals surface area (Å²) in [7, 11) is 1.81. The van der Waals surface area contributed by atoms with Gasteiger partial charge in [0.15, 0.2) is 0 Å². The number of aryl methyl sites for hydroxylation is 2. The van der Waals surface area contributed by atoms with Gasteiger partial charge >= 0.3 is 0 Å². The molecule has 4 nitrogen and oxygen atoms in total. The van der Waals surface area contributed by atoms with E-state index >= 15 is 0 Å². The second kappa shape index (κ2) is 6.45. The maximum absolute atomic E-state index is 13.4. The number of hydrogen-bond donors (Lipinski definition) is 1. The van der Waals surface area contributed by atoms with Crippen LogP contribution in [0.1, 0.15) is 36.8 Å². The van der Waals surface area contributed by atoms with Crippen LogP contribution < -0.4 is 10.5 Å². The van der Waals surface area contributed by atoms with Crippen molar-refractivity contribution in [2.24, 2.45) is 12.8 Å². The summed E-state index contributed by atoms with van der Waals surface area (Å²) in [6.07, 6.45) is 0.748. The molecule has 21 heavy (non-hydrogen) atoms. The quantitative estimate of drug-likeness (QED) is 0.921. The standard InChI is InChI=1S/C15H19ClFN3O/c1-4-12-15(16)13(20(3)19-12)8-21-14-7-10(17)5-6-11(14)9(2)18/h5-7,9H,4,8,18H2,1-3H3/t9-/m1/s1. The predicted octanol–water partition coefficient (Wildman–Crippen LogP) is 3.37. The molecule has 1 aromatic carbocycles. The molecule has 0 radical (unpaired) electrons. The van der Waals surface area contributed by atoms with Gasteiger partial charge in [-0.05, 0) is 19.4 Å². The Balaban J connectivity index is 2.24. The van der Waals surface area contributed by atoms with Crippen LogP contribution in [0, 0.1) is 5.82 Å². The molecule has 1 atom stereocenters. The van der Waals surface area contributed by atoms with Crippen LogP contribution in [0.25, 0.3) is 0 Å². The van der Waals surface area contributed by atoms with Crippen LogP contribution in [0.4, 0.5) is 4.39 Å². The van der Waals surface area contributed by atoms with Crippen molar-refractivity contribution in [3.8, 4) is 5.75 Å². The number of ether oxygens (including phenoxy) is 1. The zero-order chi connectivity index (χ0) is 15.6. The lowest BCUT2D eigenvalue weighted by Crippen LogP contribution is -2.10. The molecule has 6 heteroatoms. The van der Waals surface area contributed by atoms with Gasteiger partial charge in [0, 0.05) is 24.7 Å². The number of nitrogens with zero attached hydrogens (tertiary/aromatic N) is 2. The van der Waals surface area contributed by atoms with E-state index in [0.717, 1.165) is 23.4 Å². The van der Waals surface area contributed by atoms with Gasteiger partial charge in [-0.3, -0.25) is 4.68 Å². The first-order chi connectivity index (χ1) is 9.93. The average molecular weight is 312 g/mol. The molecular weight excluding hydrogens is 293 g/mol. The number of halogens is 2. The summed E-state index contributed by atoms with van der Waals surface area (Å²) in [6.45, 7) is 4.03. The van der Waals surface area contributed by atoms with Crippen LogP contribution >= 0.6 is 11.6 Å². The van der Waals surface area contributed by atoms with Crippen LogP contribution in [-0.2, 0) is 20.1 Å². The van der Waals surface area contributed by atoms with Crippen molar-refractivity contribution in [1.82, 2.24) is 9.78 Å². The van der Waals surface area contributed by atoms with Gasteiger partial charge < -0.3 is 10.5 Å². The van der Waals surface area contributed by atoms with Crippen LogP contribution in [0.15, 0.2) is 18.2 Å². The molecule has 0 saturated carbocycles. The van der Waals surface area contributed by atoms with Crippen molar-refractivity contribution >= 4 is 11.6 Å². The second-order valence-corrected chi connectivity index (χ2v) is 5.32. The van der Waals surface area contributed by atoms with Gasteiger partial charge in [-0.25, -0.2) is 4.39 Å². The minimum absolute atomic E-state index is 0.214. The van der Waals surface area contributed by atoms with Gasteiger partial charge in [0.1, 0.15) is 18.2 Å². The molecule has 2 N–H and O–H groups in total. The molecular formula is C15H19ClFN3O. The highest BCUT2D eigenvalue weighted by Gasteiger charge is 2.15. The van der Waals surface area contributed by atoms with Crippen molar-refractivity contribution < 1.29 is 9.13 Å². The largest absolute Gasteiger partial charge is 0.487 e. The van der Waals surface area contributed by atoms with E-state index < -0.39 is 0 Å². The van der Waals surface area contributed by atoms with Gasteiger partial charge in [-0.1, -0.05) is 24.6 Å². The van der Waals surface area contributed by atoms with E-state index in [2.05, 4.69) is 5.10 Å². The van der Waals surface area contributed by atoms with Crippen molar-refractivity contribution in [2.45, 2.75) is 32.9 Å². The van der Waals surface area contributed by atoms with Crippen LogP contribution in [0.5, 0.6) is 5.75 Å². The first kappa shape index (κ1) is 15.8. The second-order valence-electron chi connectivity index (χ2n) is 4.94. The molecule has 0 fully saturated rings. The zero-order valence-electron chi connectivity index (χ0n) is 12.4. The van der Waals surface area contributed by atoms with Gasteiger partial charge in [0.05, 0.1) is 16.4 Å². The SMILES string of the molecule is CCc1nn(C)c(COc2cc(F)ccc2[C@@H](C)N)c1Cl. The first-order valence-corrected chi connectivity index (χ1v) is 7.19. The Kier molecular flexibility index (Phi) is 4.85. The monoisotopic (exact) mass is 311 g/mol. The molecule has 0 aliphatic heterocycles. The number of nitrogens with two attached hydrogens (primary N) is 1. The van der Waals surface area contributed by atoms with E-state index in [4.69, 9.17) is 22.1 Å². The van der Waals surface area contributed by atoms with E-state index in [0.29, 0.717) is 10.8 Å². The van der Waals surface area contributed by atoms with E-state index in [9.17, 15) is 4.39 Å². The summed E-state index contributed by atoms with van der Waals surface area (Å²) in [5.41, 5.74) is 8.21. The fraction of sp³-hybridized carbons (Fsp3) is 0.400. The van der Waals surface area contributed by atoms with E-state index in [1.54, 1.807) is 10.7 Å². The Bertz CT molecular complexity index is 640. The van der Waals surface area contributed by atoms with Crippen LogP contribution in [-0.4, -0.2) is 9.78 Å². The molecule has 0 spiro atoms. The molecule has 0 bridgehead atoms. The highest BCUT2D eigenvalue weighted by molar-refractivity contribution is 6.31. The minimum atomic E-state index is -0.361. The Morgan fingerprint density at radius 2 is 2.19 bits per heavy atom. The topological polar surface area (TPSA) is 53.1 Å². The Morgan fingerprint density at radius 1 is 1.48 bits per heavy atom. The van der Waals surface area contributed by atoms with Gasteiger partial charge in [-0.15, -0.1) is 0 Å².